The van der Waals surface area contributed by atoms with E-state index >= 15 is 0 Å². The fourth-order valence-corrected chi connectivity index (χ4v) is 2.41. The van der Waals surface area contributed by atoms with Crippen molar-refractivity contribution in [3.05, 3.63) is 39.5 Å². The first kappa shape index (κ1) is 13.5. The van der Waals surface area contributed by atoms with Gasteiger partial charge in [0.1, 0.15) is 0 Å². The van der Waals surface area contributed by atoms with Crippen LogP contribution in [0.1, 0.15) is 26.6 Å². The van der Waals surface area contributed by atoms with Crippen LogP contribution < -0.4 is 4.74 Å². The highest BCUT2D eigenvalue weighted by Crippen LogP contribution is 2.15. The van der Waals surface area contributed by atoms with E-state index in [1.54, 1.807) is 23.8 Å². The van der Waals surface area contributed by atoms with Crippen LogP contribution in [0.3, 0.4) is 0 Å². The van der Waals surface area contributed by atoms with Crippen molar-refractivity contribution in [1.29, 1.82) is 0 Å². The number of rotatable bonds is 5. The molecule has 0 spiro atoms. The molecule has 0 fully saturated rings. The summed E-state index contributed by atoms with van der Waals surface area (Å²) in [5, 5.41) is 8.96. The molecule has 1 N–H and O–H groups in total. The molecule has 0 radical (unpaired) electrons. The number of ether oxygens (including phenoxy) is 1. The summed E-state index contributed by atoms with van der Waals surface area (Å²) in [5.41, 5.74) is 3.63. The number of aromatic carboxylic acids is 1. The average Bonchev–Trinajstić information content (AvgIpc) is 2.74. The van der Waals surface area contributed by atoms with E-state index in [9.17, 15) is 4.79 Å². The first-order valence-electron chi connectivity index (χ1n) is 5.80. The predicted molar refractivity (Wildman–Crippen MR) is 72.0 cm³/mol. The number of hydrogen-bond acceptors (Lipinski definition) is 5. The van der Waals surface area contributed by atoms with Crippen molar-refractivity contribution in [3.8, 4) is 5.88 Å². The highest BCUT2D eigenvalue weighted by molar-refractivity contribution is 7.09. The average molecular weight is 278 g/mol. The summed E-state index contributed by atoms with van der Waals surface area (Å²) in [4.78, 5) is 20.4. The van der Waals surface area contributed by atoms with Crippen LogP contribution in [0.25, 0.3) is 0 Å². The Hall–Kier alpha value is -1.95. The fourth-order valence-electron chi connectivity index (χ4n) is 1.65. The molecule has 0 unspecified atom stereocenters. The third-order valence-corrected chi connectivity index (χ3v) is 3.60. The third kappa shape index (κ3) is 3.51. The SMILES string of the molecule is Cc1cc(C(=O)O)cc(OCCc2scnc2C)n1. The van der Waals surface area contributed by atoms with Crippen molar-refractivity contribution in [2.75, 3.05) is 6.61 Å². The van der Waals surface area contributed by atoms with Crippen LogP contribution in [0.4, 0.5) is 0 Å². The molecule has 5 nitrogen and oxygen atoms in total. The maximum Gasteiger partial charge on any atom is 0.335 e. The van der Waals surface area contributed by atoms with Crippen LogP contribution in [0.5, 0.6) is 5.88 Å². The van der Waals surface area contributed by atoms with Gasteiger partial charge in [0, 0.05) is 23.1 Å². The minimum absolute atomic E-state index is 0.191. The van der Waals surface area contributed by atoms with Gasteiger partial charge in [-0.15, -0.1) is 11.3 Å². The van der Waals surface area contributed by atoms with E-state index in [0.717, 1.165) is 12.1 Å². The van der Waals surface area contributed by atoms with Gasteiger partial charge >= 0.3 is 5.97 Å². The summed E-state index contributed by atoms with van der Waals surface area (Å²) in [6.07, 6.45) is 0.745. The molecule has 100 valence electrons. The van der Waals surface area contributed by atoms with E-state index in [1.807, 2.05) is 6.92 Å². The van der Waals surface area contributed by atoms with Gasteiger partial charge in [-0.25, -0.2) is 14.8 Å². The first-order chi connectivity index (χ1) is 9.06. The van der Waals surface area contributed by atoms with Gasteiger partial charge in [-0.1, -0.05) is 0 Å². The van der Waals surface area contributed by atoms with Crippen molar-refractivity contribution < 1.29 is 14.6 Å². The number of nitrogens with zero attached hydrogens (tertiary/aromatic N) is 2. The van der Waals surface area contributed by atoms with E-state index in [0.29, 0.717) is 18.2 Å². The van der Waals surface area contributed by atoms with Crippen molar-refractivity contribution >= 4 is 17.3 Å². The van der Waals surface area contributed by atoms with Gasteiger partial charge in [-0.3, -0.25) is 0 Å². The Morgan fingerprint density at radius 3 is 2.84 bits per heavy atom. The zero-order valence-corrected chi connectivity index (χ0v) is 11.5. The van der Waals surface area contributed by atoms with Crippen molar-refractivity contribution in [3.63, 3.8) is 0 Å². The van der Waals surface area contributed by atoms with E-state index < -0.39 is 5.97 Å². The molecular weight excluding hydrogens is 264 g/mol. The highest BCUT2D eigenvalue weighted by Gasteiger charge is 2.08. The number of thiazole rings is 1. The largest absolute Gasteiger partial charge is 0.478 e. The number of hydrogen-bond donors (Lipinski definition) is 1. The summed E-state index contributed by atoms with van der Waals surface area (Å²) < 4.78 is 5.51. The number of carbonyl (C=O) groups is 1. The number of carboxylic acid groups (broad SMARTS) is 1. The van der Waals surface area contributed by atoms with E-state index in [4.69, 9.17) is 9.84 Å². The molecule has 0 saturated heterocycles. The summed E-state index contributed by atoms with van der Waals surface area (Å²) >= 11 is 1.59. The van der Waals surface area contributed by atoms with E-state index in [2.05, 4.69) is 9.97 Å². The molecular formula is C13H14N2O3S. The maximum atomic E-state index is 10.9. The molecule has 0 amide bonds. The smallest absolute Gasteiger partial charge is 0.335 e. The Labute approximate surface area is 114 Å². The minimum atomic E-state index is -0.978. The maximum absolute atomic E-state index is 10.9. The van der Waals surface area contributed by atoms with Gasteiger partial charge < -0.3 is 9.84 Å². The molecule has 2 aromatic heterocycles. The summed E-state index contributed by atoms with van der Waals surface area (Å²) in [6.45, 7) is 4.16. The summed E-state index contributed by atoms with van der Waals surface area (Å²) in [6, 6.07) is 2.96. The molecule has 0 bridgehead atoms. The van der Waals surface area contributed by atoms with Crippen molar-refractivity contribution in [2.45, 2.75) is 20.3 Å². The van der Waals surface area contributed by atoms with Gasteiger partial charge in [-0.2, -0.15) is 0 Å². The molecule has 2 rings (SSSR count). The topological polar surface area (TPSA) is 72.3 Å². The molecule has 0 aromatic carbocycles. The van der Waals surface area contributed by atoms with Crippen LogP contribution in [-0.4, -0.2) is 27.7 Å². The fraction of sp³-hybridized carbons (Fsp3) is 0.308. The number of aromatic nitrogens is 2. The second-order valence-corrected chi connectivity index (χ2v) is 5.04. The highest BCUT2D eigenvalue weighted by atomic mass is 32.1. The van der Waals surface area contributed by atoms with Crippen LogP contribution in [-0.2, 0) is 6.42 Å². The quantitative estimate of drug-likeness (QED) is 0.909. The summed E-state index contributed by atoms with van der Waals surface area (Å²) in [7, 11) is 0. The zero-order chi connectivity index (χ0) is 13.8. The molecule has 6 heteroatoms. The van der Waals surface area contributed by atoms with Crippen molar-refractivity contribution in [2.24, 2.45) is 0 Å². The molecule has 2 aromatic rings. The molecule has 19 heavy (non-hydrogen) atoms. The lowest BCUT2D eigenvalue weighted by Gasteiger charge is -2.06. The molecule has 2 heterocycles. The Kier molecular flexibility index (Phi) is 4.11. The standard InChI is InChI=1S/C13H14N2O3S/c1-8-5-10(13(16)17)6-12(15-8)18-4-3-11-9(2)14-7-19-11/h5-7H,3-4H2,1-2H3,(H,16,17). The third-order valence-electron chi connectivity index (χ3n) is 2.60. The normalized spacial score (nSPS) is 10.4. The van der Waals surface area contributed by atoms with E-state index in [1.165, 1.54) is 17.0 Å². The first-order valence-corrected chi connectivity index (χ1v) is 6.68. The molecule has 0 aliphatic carbocycles. The number of aryl methyl sites for hydroxylation is 2. The predicted octanol–water partition coefficient (Wildman–Crippen LogP) is 2.47. The second-order valence-electron chi connectivity index (χ2n) is 4.10. The Morgan fingerprint density at radius 1 is 1.42 bits per heavy atom. The lowest BCUT2D eigenvalue weighted by atomic mass is 10.2. The second kappa shape index (κ2) is 5.79. The molecule has 0 saturated carbocycles. The van der Waals surface area contributed by atoms with Crippen LogP contribution >= 0.6 is 11.3 Å². The van der Waals surface area contributed by atoms with Crippen LogP contribution in [0.2, 0.25) is 0 Å². The number of carboxylic acids is 1. The van der Waals surface area contributed by atoms with Gasteiger partial charge in [-0.05, 0) is 19.9 Å². The zero-order valence-electron chi connectivity index (χ0n) is 10.7. The van der Waals surface area contributed by atoms with Gasteiger partial charge in [0.05, 0.1) is 23.4 Å². The monoisotopic (exact) mass is 278 g/mol. The van der Waals surface area contributed by atoms with Crippen molar-refractivity contribution in [1.82, 2.24) is 9.97 Å². The lowest BCUT2D eigenvalue weighted by molar-refractivity contribution is 0.0696. The van der Waals surface area contributed by atoms with E-state index in [-0.39, 0.29) is 5.56 Å². The van der Waals surface area contributed by atoms with Gasteiger partial charge in [0.15, 0.2) is 0 Å². The summed E-state index contributed by atoms with van der Waals surface area (Å²) in [5.74, 6) is -0.631. The minimum Gasteiger partial charge on any atom is -0.478 e. The van der Waals surface area contributed by atoms with Crippen LogP contribution in [0, 0.1) is 13.8 Å². The Morgan fingerprint density at radius 2 is 2.21 bits per heavy atom. The van der Waals surface area contributed by atoms with Gasteiger partial charge in [0.2, 0.25) is 5.88 Å². The Balaban J connectivity index is 2.00. The van der Waals surface area contributed by atoms with Crippen LogP contribution in [0.15, 0.2) is 17.6 Å². The number of pyridine rings is 1. The molecule has 0 aliphatic rings. The molecule has 0 aliphatic heterocycles. The Bertz CT molecular complexity index is 595. The lowest BCUT2D eigenvalue weighted by Crippen LogP contribution is -2.05. The molecule has 0 atom stereocenters. The van der Waals surface area contributed by atoms with Gasteiger partial charge in [0.25, 0.3) is 0 Å².